The molecule has 86 valence electrons. The first kappa shape index (κ1) is 11.9. The fourth-order valence-electron chi connectivity index (χ4n) is 2.22. The third kappa shape index (κ3) is 1.87. The summed E-state index contributed by atoms with van der Waals surface area (Å²) in [4.78, 5) is 11.5. The van der Waals surface area contributed by atoms with E-state index in [2.05, 4.69) is 28.2 Å². The molecule has 1 aliphatic heterocycles. The normalized spacial score (nSPS) is 29.2. The van der Waals surface area contributed by atoms with Crippen molar-refractivity contribution < 1.29 is 4.79 Å². The zero-order valence-electron chi connectivity index (χ0n) is 9.18. The Hall–Kier alpha value is -0.540. The Morgan fingerprint density at radius 1 is 1.56 bits per heavy atom. The number of halogens is 2. The van der Waals surface area contributed by atoms with Crippen LogP contribution >= 0.6 is 27.5 Å². The number of hydrogen-bond donors (Lipinski definition) is 1. The van der Waals surface area contributed by atoms with E-state index < -0.39 is 0 Å². The zero-order chi connectivity index (χ0) is 11.9. The van der Waals surface area contributed by atoms with Crippen LogP contribution in [-0.2, 0) is 10.2 Å². The summed E-state index contributed by atoms with van der Waals surface area (Å²) in [5, 5.41) is 3.65. The van der Waals surface area contributed by atoms with Gasteiger partial charge < -0.3 is 5.32 Å². The number of benzene rings is 1. The quantitative estimate of drug-likeness (QED) is 0.847. The molecule has 0 aliphatic carbocycles. The van der Waals surface area contributed by atoms with E-state index >= 15 is 0 Å². The van der Waals surface area contributed by atoms with Crippen molar-refractivity contribution in [1.29, 1.82) is 0 Å². The molecular weight excluding hydrogens is 289 g/mol. The Morgan fingerprint density at radius 2 is 2.25 bits per heavy atom. The highest BCUT2D eigenvalue weighted by Gasteiger charge is 2.42. The number of hydrogen-bond acceptors (Lipinski definition) is 1. The molecule has 16 heavy (non-hydrogen) atoms. The third-order valence-corrected chi connectivity index (χ3v) is 4.21. The van der Waals surface area contributed by atoms with Gasteiger partial charge >= 0.3 is 0 Å². The third-order valence-electron chi connectivity index (χ3n) is 3.41. The highest BCUT2D eigenvalue weighted by atomic mass is 79.9. The topological polar surface area (TPSA) is 29.1 Å². The SMILES string of the molecule is CC1NC(=O)CC1(C)c1ccc(Br)cc1Cl. The summed E-state index contributed by atoms with van der Waals surface area (Å²) in [5.74, 6) is 0.0917. The van der Waals surface area contributed by atoms with Gasteiger partial charge in [-0.2, -0.15) is 0 Å². The lowest BCUT2D eigenvalue weighted by atomic mass is 9.76. The maximum atomic E-state index is 11.5. The molecule has 1 saturated heterocycles. The summed E-state index contributed by atoms with van der Waals surface area (Å²) < 4.78 is 0.954. The molecule has 1 aliphatic rings. The Labute approximate surface area is 108 Å². The van der Waals surface area contributed by atoms with Crippen LogP contribution in [0.25, 0.3) is 0 Å². The monoisotopic (exact) mass is 301 g/mol. The molecule has 2 rings (SSSR count). The number of carbonyl (C=O) groups is 1. The summed E-state index contributed by atoms with van der Waals surface area (Å²) in [6.07, 6.45) is 0.496. The molecule has 1 fully saturated rings. The minimum atomic E-state index is -0.213. The van der Waals surface area contributed by atoms with E-state index in [0.717, 1.165) is 10.0 Å². The van der Waals surface area contributed by atoms with E-state index in [1.807, 2.05) is 25.1 Å². The lowest BCUT2D eigenvalue weighted by molar-refractivity contribution is -0.119. The highest BCUT2D eigenvalue weighted by Crippen LogP contribution is 2.39. The van der Waals surface area contributed by atoms with Gasteiger partial charge in [0, 0.05) is 27.4 Å². The Morgan fingerprint density at radius 3 is 2.75 bits per heavy atom. The van der Waals surface area contributed by atoms with Crippen LogP contribution in [-0.4, -0.2) is 11.9 Å². The minimum absolute atomic E-state index is 0.0917. The summed E-state index contributed by atoms with van der Waals surface area (Å²) >= 11 is 9.63. The van der Waals surface area contributed by atoms with Crippen molar-refractivity contribution >= 4 is 33.4 Å². The lowest BCUT2D eigenvalue weighted by Gasteiger charge is -2.29. The molecule has 0 bridgehead atoms. The van der Waals surface area contributed by atoms with Crippen LogP contribution in [0.4, 0.5) is 0 Å². The largest absolute Gasteiger partial charge is 0.353 e. The van der Waals surface area contributed by atoms with Gasteiger partial charge in [-0.3, -0.25) is 4.79 Å². The molecular formula is C12H13BrClNO. The van der Waals surface area contributed by atoms with Gasteiger partial charge in [-0.05, 0) is 24.6 Å². The molecule has 2 unspecified atom stereocenters. The van der Waals surface area contributed by atoms with E-state index in [0.29, 0.717) is 11.4 Å². The smallest absolute Gasteiger partial charge is 0.221 e. The van der Waals surface area contributed by atoms with Gasteiger partial charge in [0.2, 0.25) is 5.91 Å². The van der Waals surface area contributed by atoms with Crippen LogP contribution in [0.1, 0.15) is 25.8 Å². The van der Waals surface area contributed by atoms with Gasteiger partial charge in [0.1, 0.15) is 0 Å². The first-order valence-electron chi connectivity index (χ1n) is 5.18. The molecule has 2 atom stereocenters. The summed E-state index contributed by atoms with van der Waals surface area (Å²) in [5.41, 5.74) is 0.817. The molecule has 4 heteroatoms. The van der Waals surface area contributed by atoms with Crippen LogP contribution in [0.2, 0.25) is 5.02 Å². The minimum Gasteiger partial charge on any atom is -0.353 e. The average Bonchev–Trinajstić information content (AvgIpc) is 2.40. The Balaban J connectivity index is 2.47. The number of rotatable bonds is 1. The van der Waals surface area contributed by atoms with E-state index in [1.54, 1.807) is 0 Å². The van der Waals surface area contributed by atoms with Gasteiger partial charge in [-0.15, -0.1) is 0 Å². The standard InChI is InChI=1S/C12H13BrClNO/c1-7-12(2,6-11(16)15-7)9-4-3-8(13)5-10(9)14/h3-5,7H,6H2,1-2H3,(H,15,16). The molecule has 2 nitrogen and oxygen atoms in total. The second-order valence-electron chi connectivity index (χ2n) is 4.51. The number of amides is 1. The summed E-state index contributed by atoms with van der Waals surface area (Å²) in [6.45, 7) is 4.09. The van der Waals surface area contributed by atoms with Crippen molar-refractivity contribution in [3.63, 3.8) is 0 Å². The molecule has 1 aromatic rings. The van der Waals surface area contributed by atoms with Crippen molar-refractivity contribution in [2.75, 3.05) is 0 Å². The number of carbonyl (C=O) groups excluding carboxylic acids is 1. The first-order chi connectivity index (χ1) is 7.43. The van der Waals surface area contributed by atoms with E-state index in [-0.39, 0.29) is 17.4 Å². The molecule has 1 N–H and O–H groups in total. The maximum Gasteiger partial charge on any atom is 0.221 e. The molecule has 1 aromatic carbocycles. The van der Waals surface area contributed by atoms with E-state index in [4.69, 9.17) is 11.6 Å². The summed E-state index contributed by atoms with van der Waals surface area (Å²) in [6, 6.07) is 5.93. The Kier molecular flexibility index (Phi) is 3.01. The van der Waals surface area contributed by atoms with Crippen LogP contribution in [0, 0.1) is 0 Å². The van der Waals surface area contributed by atoms with Crippen molar-refractivity contribution in [3.05, 3.63) is 33.3 Å². The van der Waals surface area contributed by atoms with Crippen LogP contribution in [0.15, 0.2) is 22.7 Å². The predicted molar refractivity (Wildman–Crippen MR) is 68.7 cm³/mol. The van der Waals surface area contributed by atoms with Crippen molar-refractivity contribution in [1.82, 2.24) is 5.32 Å². The Bertz CT molecular complexity index is 449. The molecule has 0 aromatic heterocycles. The van der Waals surface area contributed by atoms with Gasteiger partial charge in [-0.25, -0.2) is 0 Å². The molecule has 0 radical (unpaired) electrons. The van der Waals surface area contributed by atoms with Crippen LogP contribution in [0.3, 0.4) is 0 Å². The number of nitrogens with one attached hydrogen (secondary N) is 1. The molecule has 1 heterocycles. The molecule has 1 amide bonds. The predicted octanol–water partition coefficient (Wildman–Crippen LogP) is 3.27. The summed E-state index contributed by atoms with van der Waals surface area (Å²) in [7, 11) is 0. The fourth-order valence-corrected chi connectivity index (χ4v) is 3.11. The lowest BCUT2D eigenvalue weighted by Crippen LogP contribution is -2.35. The van der Waals surface area contributed by atoms with Crippen molar-refractivity contribution in [2.45, 2.75) is 31.7 Å². The van der Waals surface area contributed by atoms with Crippen LogP contribution < -0.4 is 5.32 Å². The van der Waals surface area contributed by atoms with Crippen molar-refractivity contribution in [2.24, 2.45) is 0 Å². The van der Waals surface area contributed by atoms with Crippen molar-refractivity contribution in [3.8, 4) is 0 Å². The highest BCUT2D eigenvalue weighted by molar-refractivity contribution is 9.10. The first-order valence-corrected chi connectivity index (χ1v) is 6.35. The average molecular weight is 303 g/mol. The second kappa shape index (κ2) is 4.04. The fraction of sp³-hybridized carbons (Fsp3) is 0.417. The van der Waals surface area contributed by atoms with Gasteiger partial charge in [0.15, 0.2) is 0 Å². The molecule has 0 spiro atoms. The zero-order valence-corrected chi connectivity index (χ0v) is 11.5. The van der Waals surface area contributed by atoms with Crippen LogP contribution in [0.5, 0.6) is 0 Å². The van der Waals surface area contributed by atoms with Gasteiger partial charge in [0.25, 0.3) is 0 Å². The van der Waals surface area contributed by atoms with E-state index in [1.165, 1.54) is 0 Å². The van der Waals surface area contributed by atoms with E-state index in [9.17, 15) is 4.79 Å². The van der Waals surface area contributed by atoms with Gasteiger partial charge in [-0.1, -0.05) is 40.5 Å². The van der Waals surface area contributed by atoms with Gasteiger partial charge in [0.05, 0.1) is 0 Å². The maximum absolute atomic E-state index is 11.5. The molecule has 0 saturated carbocycles. The second-order valence-corrected chi connectivity index (χ2v) is 5.83.